The number of halogens is 4. The highest BCUT2D eigenvalue weighted by Gasteiger charge is 2.57. The van der Waals surface area contributed by atoms with E-state index in [9.17, 15) is 36.7 Å². The number of imide groups is 1. The van der Waals surface area contributed by atoms with Crippen LogP contribution in [0.25, 0.3) is 0 Å². The molecule has 214 valence electrons. The predicted molar refractivity (Wildman–Crippen MR) is 141 cm³/mol. The molecule has 14 heteroatoms. The molecule has 1 aromatic heterocycles. The number of nitrogens with zero attached hydrogens (tertiary/aromatic N) is 3. The highest BCUT2D eigenvalue weighted by molar-refractivity contribution is 8.00. The molecule has 0 bridgehead atoms. The number of alkyl halides is 3. The Hall–Kier alpha value is -3.49. The van der Waals surface area contributed by atoms with E-state index >= 15 is 0 Å². The monoisotopic (exact) mass is 607 g/mol. The maximum absolute atomic E-state index is 13.8. The molecular formula is C27H21F4N3O5S2. The molecule has 0 radical (unpaired) electrons. The van der Waals surface area contributed by atoms with Crippen LogP contribution in [0.2, 0.25) is 0 Å². The molecule has 0 N–H and O–H groups in total. The van der Waals surface area contributed by atoms with Crippen LogP contribution in [0, 0.1) is 11.7 Å². The molecule has 2 saturated heterocycles. The Bertz CT molecular complexity index is 1600. The number of carbonyl (C=O) groups is 3. The van der Waals surface area contributed by atoms with Gasteiger partial charge in [-0.25, -0.2) is 9.29 Å². The molecule has 3 atom stereocenters. The number of amides is 3. The standard InChI is InChI=1S/C27H21F4N3O5S2/c28-16-6-4-14(5-7-16)19-20-21(24(37)34(23(20)36)17-3-1-2-15(12-17)27(29,30)31)40-25-22(19)41-26(38)33(25)13-18(35)32-8-10-39-11-9-32/h1-7,12,19-21H,8-11,13H2/t19-,20+,21-/m0/s1. The molecule has 3 amide bonds. The van der Waals surface area contributed by atoms with Crippen LogP contribution in [-0.4, -0.2) is 58.7 Å². The van der Waals surface area contributed by atoms with Crippen molar-refractivity contribution in [2.75, 3.05) is 31.2 Å². The summed E-state index contributed by atoms with van der Waals surface area (Å²) in [7, 11) is 0. The number of benzene rings is 2. The van der Waals surface area contributed by atoms with Crippen LogP contribution in [0.3, 0.4) is 0 Å². The van der Waals surface area contributed by atoms with Crippen LogP contribution < -0.4 is 9.77 Å². The summed E-state index contributed by atoms with van der Waals surface area (Å²) < 4.78 is 60.7. The van der Waals surface area contributed by atoms with E-state index in [1.54, 1.807) is 4.90 Å². The molecule has 4 heterocycles. The summed E-state index contributed by atoms with van der Waals surface area (Å²) in [4.78, 5) is 56.1. The molecule has 3 aliphatic rings. The third kappa shape index (κ3) is 4.87. The normalized spacial score (nSPS) is 22.6. The number of aromatic nitrogens is 1. The van der Waals surface area contributed by atoms with Gasteiger partial charge < -0.3 is 9.64 Å². The molecule has 6 rings (SSSR count). The molecule has 0 aliphatic carbocycles. The van der Waals surface area contributed by atoms with E-state index in [0.29, 0.717) is 41.8 Å². The van der Waals surface area contributed by atoms with Crippen molar-refractivity contribution in [1.82, 2.24) is 9.47 Å². The second kappa shape index (κ2) is 10.4. The van der Waals surface area contributed by atoms with Gasteiger partial charge in [0.25, 0.3) is 0 Å². The van der Waals surface area contributed by atoms with Gasteiger partial charge in [-0.05, 0) is 35.9 Å². The molecule has 3 aromatic rings. The van der Waals surface area contributed by atoms with Crippen LogP contribution in [0.4, 0.5) is 23.2 Å². The lowest BCUT2D eigenvalue weighted by Gasteiger charge is -2.31. The summed E-state index contributed by atoms with van der Waals surface area (Å²) >= 11 is 1.79. The van der Waals surface area contributed by atoms with E-state index in [0.717, 1.165) is 46.2 Å². The lowest BCUT2D eigenvalue weighted by atomic mass is 9.83. The summed E-state index contributed by atoms with van der Waals surface area (Å²) in [5.41, 5.74) is -0.767. The number of thioether (sulfide) groups is 1. The first-order valence-corrected chi connectivity index (χ1v) is 14.3. The Labute approximate surface area is 238 Å². The highest BCUT2D eigenvalue weighted by atomic mass is 32.2. The molecule has 0 spiro atoms. The third-order valence-corrected chi connectivity index (χ3v) is 9.97. The Morgan fingerprint density at radius 1 is 1.00 bits per heavy atom. The summed E-state index contributed by atoms with van der Waals surface area (Å²) in [5, 5.41) is -0.748. The van der Waals surface area contributed by atoms with Gasteiger partial charge in [-0.2, -0.15) is 13.2 Å². The van der Waals surface area contributed by atoms with Crippen LogP contribution >= 0.6 is 23.1 Å². The first-order chi connectivity index (χ1) is 19.5. The largest absolute Gasteiger partial charge is 0.416 e. The molecule has 0 unspecified atom stereocenters. The number of fused-ring (bicyclic) bond motifs is 2. The lowest BCUT2D eigenvalue weighted by molar-refractivity contribution is -0.138. The second-order valence-corrected chi connectivity index (χ2v) is 11.9. The molecule has 41 heavy (non-hydrogen) atoms. The Morgan fingerprint density at radius 2 is 1.71 bits per heavy atom. The van der Waals surface area contributed by atoms with E-state index in [1.807, 2.05) is 0 Å². The number of hydrogen-bond acceptors (Lipinski definition) is 7. The van der Waals surface area contributed by atoms with Crippen LogP contribution in [0.5, 0.6) is 0 Å². The van der Waals surface area contributed by atoms with Gasteiger partial charge in [-0.3, -0.25) is 23.7 Å². The zero-order valence-electron chi connectivity index (χ0n) is 21.1. The van der Waals surface area contributed by atoms with Crippen molar-refractivity contribution in [2.24, 2.45) is 5.92 Å². The van der Waals surface area contributed by atoms with Gasteiger partial charge in [0.2, 0.25) is 17.7 Å². The van der Waals surface area contributed by atoms with Gasteiger partial charge in [0.05, 0.1) is 35.4 Å². The topological polar surface area (TPSA) is 88.9 Å². The van der Waals surface area contributed by atoms with Crippen LogP contribution in [-0.2, 0) is 31.8 Å². The van der Waals surface area contributed by atoms with Crippen molar-refractivity contribution in [3.8, 4) is 0 Å². The molecule has 3 aliphatic heterocycles. The molecule has 8 nitrogen and oxygen atoms in total. The van der Waals surface area contributed by atoms with E-state index in [2.05, 4.69) is 0 Å². The van der Waals surface area contributed by atoms with Crippen LogP contribution in [0.1, 0.15) is 21.9 Å². The van der Waals surface area contributed by atoms with Crippen molar-refractivity contribution in [3.63, 3.8) is 0 Å². The first kappa shape index (κ1) is 27.7. The van der Waals surface area contributed by atoms with Crippen molar-refractivity contribution in [1.29, 1.82) is 0 Å². The number of morpholine rings is 1. The summed E-state index contributed by atoms with van der Waals surface area (Å²) in [6.45, 7) is 1.19. The van der Waals surface area contributed by atoms with Gasteiger partial charge in [0, 0.05) is 23.9 Å². The summed E-state index contributed by atoms with van der Waals surface area (Å²) in [6.07, 6.45) is -4.69. The summed E-state index contributed by atoms with van der Waals surface area (Å²) in [5.74, 6) is -4.22. The van der Waals surface area contributed by atoms with E-state index in [-0.39, 0.29) is 18.1 Å². The number of thiazole rings is 1. The van der Waals surface area contributed by atoms with Gasteiger partial charge in [-0.1, -0.05) is 41.3 Å². The molecule has 2 aromatic carbocycles. The fraction of sp³-hybridized carbons (Fsp3) is 0.333. The van der Waals surface area contributed by atoms with Gasteiger partial charge >= 0.3 is 11.0 Å². The van der Waals surface area contributed by atoms with E-state index in [1.165, 1.54) is 34.9 Å². The fourth-order valence-electron chi connectivity index (χ4n) is 5.41. The minimum Gasteiger partial charge on any atom is -0.378 e. The average molecular weight is 608 g/mol. The summed E-state index contributed by atoms with van der Waals surface area (Å²) in [6, 6.07) is 9.27. The maximum Gasteiger partial charge on any atom is 0.416 e. The number of rotatable bonds is 4. The maximum atomic E-state index is 13.8. The zero-order valence-corrected chi connectivity index (χ0v) is 22.7. The molecule has 2 fully saturated rings. The minimum absolute atomic E-state index is 0.217. The highest BCUT2D eigenvalue weighted by Crippen LogP contribution is 2.54. The van der Waals surface area contributed by atoms with Gasteiger partial charge in [-0.15, -0.1) is 0 Å². The fourth-order valence-corrected chi connectivity index (χ4v) is 8.18. The predicted octanol–water partition coefficient (Wildman–Crippen LogP) is 3.72. The zero-order chi connectivity index (χ0) is 29.1. The number of hydrogen-bond donors (Lipinski definition) is 0. The Kier molecular flexibility index (Phi) is 7.02. The van der Waals surface area contributed by atoms with Crippen molar-refractivity contribution >= 4 is 46.5 Å². The second-order valence-electron chi connectivity index (χ2n) is 9.77. The molecule has 0 saturated carbocycles. The Morgan fingerprint density at radius 3 is 2.39 bits per heavy atom. The third-order valence-electron chi connectivity index (χ3n) is 7.37. The van der Waals surface area contributed by atoms with Crippen molar-refractivity contribution in [2.45, 2.75) is 28.9 Å². The van der Waals surface area contributed by atoms with E-state index < -0.39 is 51.3 Å². The Balaban J connectivity index is 1.43. The van der Waals surface area contributed by atoms with Crippen molar-refractivity contribution < 1.29 is 36.7 Å². The van der Waals surface area contributed by atoms with Gasteiger partial charge in [0.1, 0.15) is 17.6 Å². The number of carbonyl (C=O) groups excluding carboxylic acids is 3. The first-order valence-electron chi connectivity index (χ1n) is 12.6. The smallest absolute Gasteiger partial charge is 0.378 e. The minimum atomic E-state index is -4.69. The molecular weight excluding hydrogens is 586 g/mol. The lowest BCUT2D eigenvalue weighted by Crippen LogP contribution is -2.43. The quantitative estimate of drug-likeness (QED) is 0.332. The van der Waals surface area contributed by atoms with Crippen LogP contribution in [0.15, 0.2) is 58.4 Å². The average Bonchev–Trinajstić information content (AvgIpc) is 3.39. The number of anilines is 1. The van der Waals surface area contributed by atoms with E-state index in [4.69, 9.17) is 4.74 Å². The van der Waals surface area contributed by atoms with Gasteiger partial charge in [0.15, 0.2) is 0 Å². The number of ether oxygens (including phenoxy) is 1. The SMILES string of the molecule is O=C(Cn1c2c(sc1=O)[C@@H](c1ccc(F)cc1)[C@H]1C(=O)N(c3cccc(C(F)(F)F)c3)C(=O)[C@H]1S2)N1CCOCC1. The van der Waals surface area contributed by atoms with Crippen molar-refractivity contribution in [3.05, 3.63) is 80.0 Å².